The van der Waals surface area contributed by atoms with Crippen molar-refractivity contribution in [2.45, 2.75) is 13.5 Å². The van der Waals surface area contributed by atoms with Crippen molar-refractivity contribution in [3.63, 3.8) is 0 Å². The Kier molecular flexibility index (Phi) is 3.63. The van der Waals surface area contributed by atoms with Crippen molar-refractivity contribution < 1.29 is 17.9 Å². The van der Waals surface area contributed by atoms with E-state index in [0.29, 0.717) is 5.56 Å². The molecular weight excluding hydrogens is 290 g/mol. The van der Waals surface area contributed by atoms with Crippen LogP contribution in [-0.4, -0.2) is 0 Å². The Morgan fingerprint density at radius 3 is 2.59 bits per heavy atom. The van der Waals surface area contributed by atoms with Crippen molar-refractivity contribution in [3.8, 4) is 5.75 Å². The van der Waals surface area contributed by atoms with E-state index in [-0.39, 0.29) is 17.6 Å². The van der Waals surface area contributed by atoms with E-state index in [1.807, 2.05) is 6.07 Å². The average Bonchev–Trinajstić information content (AvgIpc) is 2.49. The summed E-state index contributed by atoms with van der Waals surface area (Å²) >= 11 is 0. The molecule has 3 nitrogen and oxygen atoms in total. The average molecular weight is 302 g/mol. The molecule has 0 amide bonds. The number of benzene rings is 2. The summed E-state index contributed by atoms with van der Waals surface area (Å²) in [4.78, 5) is 11.4. The Balaban J connectivity index is 2.04. The van der Waals surface area contributed by atoms with Gasteiger partial charge in [0.2, 0.25) is 5.82 Å². The van der Waals surface area contributed by atoms with Gasteiger partial charge in [0.15, 0.2) is 17.1 Å². The van der Waals surface area contributed by atoms with Gasteiger partial charge in [0.25, 0.3) is 0 Å². The minimum Gasteiger partial charge on any atom is -0.483 e. The number of fused-ring (bicyclic) bond motifs is 1. The molecule has 0 saturated carbocycles. The molecule has 0 saturated heterocycles. The molecule has 3 rings (SSSR count). The molecule has 5 heteroatoms. The first kappa shape index (κ1) is 14.3. The summed E-state index contributed by atoms with van der Waals surface area (Å²) in [6.45, 7) is 1.60. The number of halogens is 2. The van der Waals surface area contributed by atoms with Gasteiger partial charge in [0.1, 0.15) is 6.61 Å². The predicted molar refractivity (Wildman–Crippen MR) is 77.9 cm³/mol. The highest BCUT2D eigenvalue weighted by Crippen LogP contribution is 2.31. The van der Waals surface area contributed by atoms with E-state index in [2.05, 4.69) is 0 Å². The summed E-state index contributed by atoms with van der Waals surface area (Å²) in [6.07, 6.45) is 0. The summed E-state index contributed by atoms with van der Waals surface area (Å²) < 4.78 is 38.5. The fourth-order valence-corrected chi connectivity index (χ4v) is 2.22. The van der Waals surface area contributed by atoms with Crippen molar-refractivity contribution in [2.75, 3.05) is 0 Å². The molecule has 3 aromatic rings. The molecule has 1 heterocycles. The summed E-state index contributed by atoms with van der Waals surface area (Å²) in [5.74, 6) is -2.39. The second kappa shape index (κ2) is 5.60. The Bertz CT molecular complexity index is 886. The molecule has 0 atom stereocenters. The molecule has 1 aromatic heterocycles. The molecule has 2 aromatic carbocycles. The first-order valence-corrected chi connectivity index (χ1v) is 6.65. The first-order valence-electron chi connectivity index (χ1n) is 6.65. The Morgan fingerprint density at radius 1 is 1.14 bits per heavy atom. The van der Waals surface area contributed by atoms with Gasteiger partial charge in [-0.25, -0.2) is 9.18 Å². The third kappa shape index (κ3) is 2.57. The van der Waals surface area contributed by atoms with Crippen LogP contribution in [0.1, 0.15) is 11.1 Å². The zero-order valence-corrected chi connectivity index (χ0v) is 11.7. The van der Waals surface area contributed by atoms with Gasteiger partial charge < -0.3 is 9.15 Å². The molecule has 0 aliphatic rings. The molecule has 0 N–H and O–H groups in total. The van der Waals surface area contributed by atoms with Gasteiger partial charge in [-0.2, -0.15) is 4.39 Å². The van der Waals surface area contributed by atoms with E-state index in [9.17, 15) is 13.6 Å². The van der Waals surface area contributed by atoms with Crippen LogP contribution in [0.4, 0.5) is 8.78 Å². The Hall–Kier alpha value is -2.69. The molecule has 0 aliphatic heterocycles. The maximum atomic E-state index is 14.4. The van der Waals surface area contributed by atoms with E-state index in [0.717, 1.165) is 11.6 Å². The zero-order valence-electron chi connectivity index (χ0n) is 11.7. The highest BCUT2D eigenvalue weighted by molar-refractivity contribution is 5.82. The number of hydrogen-bond donors (Lipinski definition) is 0. The molecule has 0 unspecified atom stereocenters. The van der Waals surface area contributed by atoms with Crippen molar-refractivity contribution >= 4 is 11.0 Å². The van der Waals surface area contributed by atoms with Crippen molar-refractivity contribution in [1.82, 2.24) is 0 Å². The van der Waals surface area contributed by atoms with Crippen LogP contribution in [0.3, 0.4) is 0 Å². The summed E-state index contributed by atoms with van der Waals surface area (Å²) in [5, 5.41) is 0.210. The van der Waals surface area contributed by atoms with Crippen LogP contribution >= 0.6 is 0 Å². The van der Waals surface area contributed by atoms with Crippen LogP contribution in [0.25, 0.3) is 11.0 Å². The first-order chi connectivity index (χ1) is 10.6. The highest BCUT2D eigenvalue weighted by atomic mass is 19.1. The monoisotopic (exact) mass is 302 g/mol. The van der Waals surface area contributed by atoms with Crippen molar-refractivity contribution in [1.29, 1.82) is 0 Å². The van der Waals surface area contributed by atoms with Crippen LogP contribution in [0.15, 0.2) is 51.7 Å². The van der Waals surface area contributed by atoms with Crippen LogP contribution in [0, 0.1) is 18.6 Å². The van der Waals surface area contributed by atoms with E-state index in [4.69, 9.17) is 9.15 Å². The second-order valence-corrected chi connectivity index (χ2v) is 4.90. The fraction of sp³-hybridized carbons (Fsp3) is 0.118. The van der Waals surface area contributed by atoms with E-state index < -0.39 is 23.0 Å². The van der Waals surface area contributed by atoms with Crippen LogP contribution in [-0.2, 0) is 6.61 Å². The Labute approximate surface area is 124 Å². The lowest BCUT2D eigenvalue weighted by Crippen LogP contribution is -2.04. The summed E-state index contributed by atoms with van der Waals surface area (Å²) in [6, 6.07) is 11.3. The molecule has 0 radical (unpaired) electrons. The van der Waals surface area contributed by atoms with Gasteiger partial charge in [-0.05, 0) is 24.1 Å². The summed E-state index contributed by atoms with van der Waals surface area (Å²) in [7, 11) is 0. The quantitative estimate of drug-likeness (QED) is 0.687. The normalized spacial score (nSPS) is 10.9. The second-order valence-electron chi connectivity index (χ2n) is 4.90. The molecule has 0 bridgehead atoms. The van der Waals surface area contributed by atoms with Crippen LogP contribution in [0.5, 0.6) is 5.75 Å². The largest absolute Gasteiger partial charge is 0.483 e. The lowest BCUT2D eigenvalue weighted by Gasteiger charge is -2.10. The highest BCUT2D eigenvalue weighted by Gasteiger charge is 2.19. The van der Waals surface area contributed by atoms with Gasteiger partial charge in [-0.1, -0.05) is 30.3 Å². The van der Waals surface area contributed by atoms with E-state index >= 15 is 0 Å². The lowest BCUT2D eigenvalue weighted by atomic mass is 10.1. The molecule has 0 aliphatic carbocycles. The van der Waals surface area contributed by atoms with Gasteiger partial charge in [-0.3, -0.25) is 0 Å². The predicted octanol–water partition coefficient (Wildman–Crippen LogP) is 3.96. The van der Waals surface area contributed by atoms with Crippen molar-refractivity contribution in [2.24, 2.45) is 0 Å². The maximum absolute atomic E-state index is 14.4. The maximum Gasteiger partial charge on any atom is 0.336 e. The minimum absolute atomic E-state index is 0.0102. The number of ether oxygens (including phenoxy) is 1. The Morgan fingerprint density at radius 2 is 1.86 bits per heavy atom. The van der Waals surface area contributed by atoms with Gasteiger partial charge in [0.05, 0.1) is 0 Å². The fourth-order valence-electron chi connectivity index (χ4n) is 2.22. The van der Waals surface area contributed by atoms with Crippen LogP contribution in [0.2, 0.25) is 0 Å². The van der Waals surface area contributed by atoms with E-state index in [1.54, 1.807) is 31.2 Å². The van der Waals surface area contributed by atoms with E-state index in [1.165, 1.54) is 6.07 Å². The lowest BCUT2D eigenvalue weighted by molar-refractivity contribution is 0.274. The third-order valence-electron chi connectivity index (χ3n) is 3.32. The standard InChI is InChI=1S/C17H12F2O3/c1-10-7-14(20)22-16-12(10)8-13(18)17(15(16)19)21-9-11-5-3-2-4-6-11/h2-8H,9H2,1H3. The number of hydrogen-bond acceptors (Lipinski definition) is 3. The molecule has 0 spiro atoms. The van der Waals surface area contributed by atoms with Gasteiger partial charge in [-0.15, -0.1) is 0 Å². The smallest absolute Gasteiger partial charge is 0.336 e. The minimum atomic E-state index is -1.01. The number of aryl methyl sites for hydroxylation is 1. The van der Waals surface area contributed by atoms with Gasteiger partial charge >= 0.3 is 5.63 Å². The molecular formula is C17H12F2O3. The van der Waals surface area contributed by atoms with Crippen molar-refractivity contribution in [3.05, 3.63) is 75.6 Å². The van der Waals surface area contributed by atoms with Crippen LogP contribution < -0.4 is 10.4 Å². The molecule has 112 valence electrons. The molecule has 22 heavy (non-hydrogen) atoms. The third-order valence-corrected chi connectivity index (χ3v) is 3.32. The topological polar surface area (TPSA) is 39.4 Å². The number of rotatable bonds is 3. The summed E-state index contributed by atoms with van der Waals surface area (Å²) in [5.41, 5.74) is 0.227. The zero-order chi connectivity index (χ0) is 15.7. The SMILES string of the molecule is Cc1cc(=O)oc2c(F)c(OCc3ccccc3)c(F)cc12. The van der Waals surface area contributed by atoms with Gasteiger partial charge in [0, 0.05) is 11.5 Å². The molecule has 0 fully saturated rings.